The second-order valence-corrected chi connectivity index (χ2v) is 6.68. The third-order valence-electron chi connectivity index (χ3n) is 4.59. The van der Waals surface area contributed by atoms with Crippen LogP contribution in [0.2, 0.25) is 0 Å². The van der Waals surface area contributed by atoms with Crippen molar-refractivity contribution in [1.29, 1.82) is 0 Å². The molecule has 0 aliphatic heterocycles. The van der Waals surface area contributed by atoms with Crippen LogP contribution in [-0.2, 0) is 17.8 Å². The lowest BCUT2D eigenvalue weighted by atomic mass is 10.1. The number of carbonyl (C=O) groups excluding carboxylic acids is 1. The summed E-state index contributed by atoms with van der Waals surface area (Å²) in [5.74, 6) is -0.0621. The molecular formula is C22H22N6O. The number of para-hydroxylation sites is 1. The molecule has 2 aromatic heterocycles. The molecule has 0 bridgehead atoms. The van der Waals surface area contributed by atoms with Crippen LogP contribution in [0.4, 0.5) is 0 Å². The first kappa shape index (κ1) is 18.6. The average Bonchev–Trinajstić information content (AvgIpc) is 3.42. The molecule has 0 saturated carbocycles. The number of hydrogen-bond acceptors (Lipinski definition) is 4. The highest BCUT2D eigenvalue weighted by Gasteiger charge is 2.18. The molecule has 0 aliphatic carbocycles. The summed E-state index contributed by atoms with van der Waals surface area (Å²) in [5.41, 5.74) is 3.38. The van der Waals surface area contributed by atoms with E-state index in [0.29, 0.717) is 12.2 Å². The van der Waals surface area contributed by atoms with E-state index in [-0.39, 0.29) is 12.3 Å². The van der Waals surface area contributed by atoms with Gasteiger partial charge in [-0.05, 0) is 18.6 Å². The van der Waals surface area contributed by atoms with E-state index >= 15 is 0 Å². The molecule has 2 aromatic carbocycles. The number of benzene rings is 2. The van der Waals surface area contributed by atoms with Gasteiger partial charge in [0.15, 0.2) is 0 Å². The van der Waals surface area contributed by atoms with Crippen molar-refractivity contribution in [3.63, 3.8) is 0 Å². The van der Waals surface area contributed by atoms with Crippen molar-refractivity contribution in [3.05, 3.63) is 85.1 Å². The molecule has 4 aromatic rings. The topological polar surface area (TPSA) is 77.6 Å². The molecule has 7 heteroatoms. The van der Waals surface area contributed by atoms with Gasteiger partial charge in [0.05, 0.1) is 24.1 Å². The first-order valence-electron chi connectivity index (χ1n) is 9.59. The molecule has 1 amide bonds. The Morgan fingerprint density at radius 1 is 1.00 bits per heavy atom. The Balaban J connectivity index is 1.48. The van der Waals surface area contributed by atoms with Crippen molar-refractivity contribution < 1.29 is 4.79 Å². The Bertz CT molecular complexity index is 1040. The van der Waals surface area contributed by atoms with Crippen LogP contribution in [0.15, 0.2) is 79.4 Å². The number of amides is 1. The Hall–Kier alpha value is -3.74. The van der Waals surface area contributed by atoms with Crippen LogP contribution in [0, 0.1) is 0 Å². The Labute approximate surface area is 169 Å². The second kappa shape index (κ2) is 8.97. The monoisotopic (exact) mass is 386 g/mol. The van der Waals surface area contributed by atoms with E-state index in [1.165, 1.54) is 0 Å². The van der Waals surface area contributed by atoms with Crippen LogP contribution in [-0.4, -0.2) is 37.0 Å². The summed E-state index contributed by atoms with van der Waals surface area (Å²) in [6.45, 7) is 1.42. The fourth-order valence-corrected chi connectivity index (χ4v) is 3.19. The van der Waals surface area contributed by atoms with Gasteiger partial charge in [-0.1, -0.05) is 53.7 Å². The lowest BCUT2D eigenvalue weighted by Crippen LogP contribution is -2.27. The molecule has 0 spiro atoms. The maximum absolute atomic E-state index is 12.5. The van der Waals surface area contributed by atoms with Crippen LogP contribution in [0.1, 0.15) is 12.1 Å². The third-order valence-corrected chi connectivity index (χ3v) is 4.59. The van der Waals surface area contributed by atoms with Gasteiger partial charge in [-0.2, -0.15) is 0 Å². The van der Waals surface area contributed by atoms with Crippen LogP contribution >= 0.6 is 0 Å². The molecule has 0 fully saturated rings. The number of nitrogens with one attached hydrogen (secondary N) is 1. The third kappa shape index (κ3) is 4.57. The Kier molecular flexibility index (Phi) is 5.76. The standard InChI is InChI=1S/C22H22N6O/c29-21(24-12-7-14-27-15-13-23-17-27)16-20-22(18-8-3-1-4-9-18)28(26-25-20)19-10-5-2-6-11-19/h1-6,8-11,13,15,17H,7,12,14,16H2,(H,24,29). The van der Waals surface area contributed by atoms with Crippen molar-refractivity contribution in [2.75, 3.05) is 6.54 Å². The highest BCUT2D eigenvalue weighted by Crippen LogP contribution is 2.25. The van der Waals surface area contributed by atoms with Gasteiger partial charge in [0.1, 0.15) is 5.69 Å². The van der Waals surface area contributed by atoms with Crippen molar-refractivity contribution >= 4 is 5.91 Å². The zero-order valence-corrected chi connectivity index (χ0v) is 16.0. The normalized spacial score (nSPS) is 10.8. The van der Waals surface area contributed by atoms with Crippen LogP contribution in [0.3, 0.4) is 0 Å². The van der Waals surface area contributed by atoms with Gasteiger partial charge in [0, 0.05) is 31.0 Å². The largest absolute Gasteiger partial charge is 0.356 e. The summed E-state index contributed by atoms with van der Waals surface area (Å²) < 4.78 is 3.78. The zero-order chi connectivity index (χ0) is 19.9. The summed E-state index contributed by atoms with van der Waals surface area (Å²) in [4.78, 5) is 16.5. The predicted octanol–water partition coefficient (Wildman–Crippen LogP) is 2.88. The van der Waals surface area contributed by atoms with Gasteiger partial charge in [-0.15, -0.1) is 5.10 Å². The molecule has 0 unspecified atom stereocenters. The number of carbonyl (C=O) groups is 1. The van der Waals surface area contributed by atoms with Crippen LogP contribution in [0.5, 0.6) is 0 Å². The lowest BCUT2D eigenvalue weighted by molar-refractivity contribution is -0.120. The fourth-order valence-electron chi connectivity index (χ4n) is 3.19. The Morgan fingerprint density at radius 2 is 1.76 bits per heavy atom. The first-order valence-corrected chi connectivity index (χ1v) is 9.59. The maximum atomic E-state index is 12.5. The number of nitrogens with zero attached hydrogens (tertiary/aromatic N) is 5. The van der Waals surface area contributed by atoms with E-state index in [1.807, 2.05) is 71.4 Å². The van der Waals surface area contributed by atoms with Gasteiger partial charge in [0.25, 0.3) is 0 Å². The second-order valence-electron chi connectivity index (χ2n) is 6.68. The quantitative estimate of drug-likeness (QED) is 0.473. The molecule has 29 heavy (non-hydrogen) atoms. The van der Waals surface area contributed by atoms with Gasteiger partial charge in [-0.25, -0.2) is 9.67 Å². The van der Waals surface area contributed by atoms with Crippen molar-refractivity contribution in [3.8, 4) is 16.9 Å². The Morgan fingerprint density at radius 3 is 2.48 bits per heavy atom. The van der Waals surface area contributed by atoms with Gasteiger partial charge < -0.3 is 9.88 Å². The smallest absolute Gasteiger partial charge is 0.226 e. The maximum Gasteiger partial charge on any atom is 0.226 e. The summed E-state index contributed by atoms with van der Waals surface area (Å²) in [7, 11) is 0. The molecule has 2 heterocycles. The van der Waals surface area contributed by atoms with Crippen molar-refractivity contribution in [1.82, 2.24) is 29.9 Å². The number of hydrogen-bond donors (Lipinski definition) is 1. The van der Waals surface area contributed by atoms with E-state index < -0.39 is 0 Å². The number of aryl methyl sites for hydroxylation is 1. The van der Waals surface area contributed by atoms with Gasteiger partial charge in [0.2, 0.25) is 5.91 Å². The predicted molar refractivity (Wildman–Crippen MR) is 110 cm³/mol. The van der Waals surface area contributed by atoms with E-state index in [0.717, 1.165) is 29.9 Å². The molecule has 0 saturated heterocycles. The number of aromatic nitrogens is 5. The summed E-state index contributed by atoms with van der Waals surface area (Å²) in [6.07, 6.45) is 6.46. The lowest BCUT2D eigenvalue weighted by Gasteiger charge is -2.09. The van der Waals surface area contributed by atoms with Gasteiger partial charge >= 0.3 is 0 Å². The van der Waals surface area contributed by atoms with E-state index in [4.69, 9.17) is 0 Å². The fraction of sp³-hybridized carbons (Fsp3) is 0.182. The molecule has 7 nitrogen and oxygen atoms in total. The minimum atomic E-state index is -0.0621. The summed E-state index contributed by atoms with van der Waals surface area (Å²) >= 11 is 0. The van der Waals surface area contributed by atoms with Crippen LogP contribution in [0.25, 0.3) is 16.9 Å². The molecule has 146 valence electrons. The minimum Gasteiger partial charge on any atom is -0.356 e. The summed E-state index contributed by atoms with van der Waals surface area (Å²) in [5, 5.41) is 11.6. The number of rotatable bonds is 8. The number of imidazole rings is 1. The van der Waals surface area contributed by atoms with Crippen molar-refractivity contribution in [2.24, 2.45) is 0 Å². The zero-order valence-electron chi connectivity index (χ0n) is 16.0. The first-order chi connectivity index (χ1) is 14.3. The highest BCUT2D eigenvalue weighted by molar-refractivity contribution is 5.80. The summed E-state index contributed by atoms with van der Waals surface area (Å²) in [6, 6.07) is 19.7. The molecule has 0 aliphatic rings. The van der Waals surface area contributed by atoms with E-state index in [9.17, 15) is 4.79 Å². The minimum absolute atomic E-state index is 0.0621. The molecule has 0 atom stereocenters. The van der Waals surface area contributed by atoms with Gasteiger partial charge in [-0.3, -0.25) is 4.79 Å². The molecule has 4 rings (SSSR count). The molecule has 0 radical (unpaired) electrons. The highest BCUT2D eigenvalue weighted by atomic mass is 16.1. The van der Waals surface area contributed by atoms with Crippen LogP contribution < -0.4 is 5.32 Å². The average molecular weight is 386 g/mol. The molecule has 1 N–H and O–H groups in total. The SMILES string of the molecule is O=C(Cc1nnn(-c2ccccc2)c1-c1ccccc1)NCCCn1ccnc1. The van der Waals surface area contributed by atoms with E-state index in [1.54, 1.807) is 17.2 Å². The van der Waals surface area contributed by atoms with Crippen molar-refractivity contribution in [2.45, 2.75) is 19.4 Å². The molecular weight excluding hydrogens is 364 g/mol. The van der Waals surface area contributed by atoms with E-state index in [2.05, 4.69) is 20.6 Å².